The summed E-state index contributed by atoms with van der Waals surface area (Å²) in [7, 11) is 1.60. The Bertz CT molecular complexity index is 874. The topological polar surface area (TPSA) is 73.9 Å². The van der Waals surface area contributed by atoms with Gasteiger partial charge >= 0.3 is 5.97 Å². The Morgan fingerprint density at radius 2 is 2.07 bits per heavy atom. The molecule has 1 heterocycles. The second-order valence-corrected chi connectivity index (χ2v) is 7.85. The van der Waals surface area contributed by atoms with E-state index in [1.807, 2.05) is 32.0 Å². The molecule has 1 aliphatic heterocycles. The van der Waals surface area contributed by atoms with Gasteiger partial charge in [-0.15, -0.1) is 0 Å². The number of benzene rings is 1. The van der Waals surface area contributed by atoms with E-state index in [0.29, 0.717) is 36.5 Å². The first kappa shape index (κ1) is 21.6. The van der Waals surface area contributed by atoms with Crippen molar-refractivity contribution in [2.45, 2.75) is 39.0 Å². The summed E-state index contributed by atoms with van der Waals surface area (Å²) in [5.41, 5.74) is 3.60. The zero-order valence-corrected chi connectivity index (χ0v) is 18.6. The van der Waals surface area contributed by atoms with Gasteiger partial charge in [0.1, 0.15) is 12.4 Å². The van der Waals surface area contributed by atoms with Gasteiger partial charge in [-0.3, -0.25) is 4.79 Å². The Labute approximate surface area is 179 Å². The van der Waals surface area contributed by atoms with Crippen molar-refractivity contribution in [3.05, 3.63) is 50.8 Å². The highest BCUT2D eigenvalue weighted by Crippen LogP contribution is 2.43. The molecular formula is C22H26BrNO5. The van der Waals surface area contributed by atoms with Crippen molar-refractivity contribution in [3.63, 3.8) is 0 Å². The summed E-state index contributed by atoms with van der Waals surface area (Å²) in [6, 6.07) is 5.64. The van der Waals surface area contributed by atoms with Gasteiger partial charge < -0.3 is 19.5 Å². The van der Waals surface area contributed by atoms with E-state index in [2.05, 4.69) is 21.2 Å². The second kappa shape index (κ2) is 9.59. The predicted octanol–water partition coefficient (Wildman–Crippen LogP) is 4.01. The molecule has 1 aromatic carbocycles. The summed E-state index contributed by atoms with van der Waals surface area (Å²) >= 11 is 3.52. The van der Waals surface area contributed by atoms with Crippen LogP contribution in [-0.2, 0) is 19.1 Å². The quantitative estimate of drug-likeness (QED) is 0.486. The van der Waals surface area contributed by atoms with Gasteiger partial charge in [0.2, 0.25) is 0 Å². The van der Waals surface area contributed by atoms with E-state index >= 15 is 0 Å². The van der Waals surface area contributed by atoms with Crippen LogP contribution in [0.5, 0.6) is 5.75 Å². The van der Waals surface area contributed by atoms with Crippen LogP contribution in [0.1, 0.15) is 44.6 Å². The van der Waals surface area contributed by atoms with Gasteiger partial charge in [-0.25, -0.2) is 4.79 Å². The Kier molecular flexibility index (Phi) is 7.14. The summed E-state index contributed by atoms with van der Waals surface area (Å²) in [5.74, 6) is -0.145. The van der Waals surface area contributed by atoms with Crippen molar-refractivity contribution in [2.75, 3.05) is 26.9 Å². The molecule has 6 nitrogen and oxygen atoms in total. The Morgan fingerprint density at radius 1 is 1.28 bits per heavy atom. The maximum Gasteiger partial charge on any atom is 0.336 e. The fraction of sp³-hybridized carbons (Fsp3) is 0.455. The van der Waals surface area contributed by atoms with E-state index < -0.39 is 11.9 Å². The fourth-order valence-corrected chi connectivity index (χ4v) is 4.42. The lowest BCUT2D eigenvalue weighted by molar-refractivity contribution is -0.140. The predicted molar refractivity (Wildman–Crippen MR) is 113 cm³/mol. The van der Waals surface area contributed by atoms with Crippen LogP contribution in [-0.4, -0.2) is 38.7 Å². The summed E-state index contributed by atoms with van der Waals surface area (Å²) in [4.78, 5) is 25.9. The smallest absolute Gasteiger partial charge is 0.336 e. The van der Waals surface area contributed by atoms with Gasteiger partial charge in [0, 0.05) is 35.9 Å². The Morgan fingerprint density at radius 3 is 2.76 bits per heavy atom. The molecule has 0 amide bonds. The third-order valence-electron chi connectivity index (χ3n) is 5.17. The number of allylic oxidation sites excluding steroid dienone is 3. The highest BCUT2D eigenvalue weighted by molar-refractivity contribution is 9.10. The molecule has 0 fully saturated rings. The summed E-state index contributed by atoms with van der Waals surface area (Å²) in [6.07, 6.45) is 2.09. The maximum absolute atomic E-state index is 13.0. The number of ether oxygens (including phenoxy) is 3. The van der Waals surface area contributed by atoms with E-state index in [1.165, 1.54) is 0 Å². The first-order chi connectivity index (χ1) is 14.0. The van der Waals surface area contributed by atoms with Crippen molar-refractivity contribution in [2.24, 2.45) is 0 Å². The Hall–Kier alpha value is -2.12. The molecule has 0 bridgehead atoms. The van der Waals surface area contributed by atoms with Crippen LogP contribution < -0.4 is 10.1 Å². The number of halogens is 1. The third-order valence-corrected chi connectivity index (χ3v) is 5.79. The summed E-state index contributed by atoms with van der Waals surface area (Å²) < 4.78 is 16.8. The largest absolute Gasteiger partial charge is 0.496 e. The molecule has 29 heavy (non-hydrogen) atoms. The van der Waals surface area contributed by atoms with E-state index in [1.54, 1.807) is 7.11 Å². The van der Waals surface area contributed by atoms with Crippen LogP contribution in [0.15, 0.2) is 45.2 Å². The first-order valence-corrected chi connectivity index (χ1v) is 10.6. The van der Waals surface area contributed by atoms with Crippen LogP contribution in [0.2, 0.25) is 0 Å². The molecule has 1 aromatic rings. The molecule has 0 aromatic heterocycles. The van der Waals surface area contributed by atoms with Crippen molar-refractivity contribution >= 4 is 27.7 Å². The van der Waals surface area contributed by atoms with E-state index in [0.717, 1.165) is 34.3 Å². The van der Waals surface area contributed by atoms with Gasteiger partial charge in [-0.05, 0) is 60.3 Å². The van der Waals surface area contributed by atoms with Gasteiger partial charge in [0.05, 0.1) is 23.8 Å². The van der Waals surface area contributed by atoms with Gasteiger partial charge in [-0.1, -0.05) is 6.07 Å². The normalized spacial score (nSPS) is 19.0. The second-order valence-electron chi connectivity index (χ2n) is 6.99. The number of carbonyl (C=O) groups excluding carboxylic acids is 2. The molecule has 1 atom stereocenters. The molecule has 156 valence electrons. The molecule has 1 N–H and O–H groups in total. The van der Waals surface area contributed by atoms with Gasteiger partial charge in [0.15, 0.2) is 5.78 Å². The number of ketones is 1. The molecule has 0 saturated carbocycles. The van der Waals surface area contributed by atoms with Crippen molar-refractivity contribution in [3.8, 4) is 5.75 Å². The number of hydrogen-bond donors (Lipinski definition) is 1. The maximum atomic E-state index is 13.0. The zero-order chi connectivity index (χ0) is 21.0. The van der Waals surface area contributed by atoms with Gasteiger partial charge in [-0.2, -0.15) is 0 Å². The van der Waals surface area contributed by atoms with E-state index in [9.17, 15) is 9.59 Å². The lowest BCUT2D eigenvalue weighted by Gasteiger charge is -2.34. The lowest BCUT2D eigenvalue weighted by Crippen LogP contribution is -2.34. The number of methoxy groups -OCH3 is 1. The van der Waals surface area contributed by atoms with Crippen LogP contribution >= 0.6 is 15.9 Å². The monoisotopic (exact) mass is 463 g/mol. The number of Topliss-reactive ketones (excluding diaryl/α,β-unsaturated/α-hetero) is 1. The zero-order valence-electron chi connectivity index (χ0n) is 17.0. The van der Waals surface area contributed by atoms with Crippen LogP contribution in [0.25, 0.3) is 0 Å². The average Bonchev–Trinajstić information content (AvgIpc) is 2.70. The molecule has 0 saturated heterocycles. The molecule has 0 spiro atoms. The van der Waals surface area contributed by atoms with Crippen molar-refractivity contribution in [1.29, 1.82) is 0 Å². The van der Waals surface area contributed by atoms with Crippen LogP contribution in [0.4, 0.5) is 0 Å². The number of hydrogen-bond acceptors (Lipinski definition) is 6. The number of nitrogens with one attached hydrogen (secondary N) is 1. The SMILES string of the molecule is CCOCCOC(=O)C1=C(C)NC2=C(C(=O)CCC2)C1c1ccc(OC)c(Br)c1. The minimum absolute atomic E-state index is 0.0720. The minimum Gasteiger partial charge on any atom is -0.496 e. The fourth-order valence-electron chi connectivity index (χ4n) is 3.86. The molecule has 3 rings (SSSR count). The first-order valence-electron chi connectivity index (χ1n) is 9.80. The number of dihydropyridines is 1. The Balaban J connectivity index is 2.02. The molecule has 7 heteroatoms. The third kappa shape index (κ3) is 4.56. The molecule has 1 aliphatic carbocycles. The van der Waals surface area contributed by atoms with Crippen molar-refractivity contribution in [1.82, 2.24) is 5.32 Å². The highest BCUT2D eigenvalue weighted by atomic mass is 79.9. The van der Waals surface area contributed by atoms with E-state index in [-0.39, 0.29) is 12.4 Å². The highest BCUT2D eigenvalue weighted by Gasteiger charge is 2.39. The van der Waals surface area contributed by atoms with Crippen molar-refractivity contribution < 1.29 is 23.8 Å². The number of esters is 1. The van der Waals surface area contributed by atoms with E-state index in [4.69, 9.17) is 14.2 Å². The number of rotatable bonds is 7. The standard InChI is InChI=1S/C22H26BrNO5/c1-4-28-10-11-29-22(26)19-13(2)24-16-6-5-7-17(25)21(16)20(19)14-8-9-18(27-3)15(23)12-14/h8-9,12,20,24H,4-7,10-11H2,1-3H3. The summed E-state index contributed by atoms with van der Waals surface area (Å²) in [5, 5.41) is 3.29. The summed E-state index contributed by atoms with van der Waals surface area (Å²) in [6.45, 7) is 4.82. The van der Waals surface area contributed by atoms with Crippen LogP contribution in [0.3, 0.4) is 0 Å². The molecule has 0 radical (unpaired) electrons. The molecule has 2 aliphatic rings. The minimum atomic E-state index is -0.471. The van der Waals surface area contributed by atoms with Gasteiger partial charge in [0.25, 0.3) is 0 Å². The number of carbonyl (C=O) groups is 2. The lowest BCUT2D eigenvalue weighted by atomic mass is 9.75. The van der Waals surface area contributed by atoms with Crippen LogP contribution in [0, 0.1) is 0 Å². The molecular weight excluding hydrogens is 438 g/mol. The average molecular weight is 464 g/mol. The molecule has 1 unspecified atom stereocenters.